The first-order valence-corrected chi connectivity index (χ1v) is 6.69. The molecule has 1 saturated carbocycles. The number of rotatable bonds is 5. The van der Waals surface area contributed by atoms with Crippen molar-refractivity contribution in [1.29, 1.82) is 0 Å². The van der Waals surface area contributed by atoms with Crippen LogP contribution >= 0.6 is 12.4 Å². The highest BCUT2D eigenvalue weighted by Crippen LogP contribution is 2.28. The molecular weight excluding hydrogens is 236 g/mol. The molecule has 1 fully saturated rings. The maximum atomic E-state index is 11.4. The molecule has 0 aromatic rings. The van der Waals surface area contributed by atoms with Crippen molar-refractivity contribution >= 4 is 18.3 Å². The van der Waals surface area contributed by atoms with E-state index in [1.165, 1.54) is 32.1 Å². The summed E-state index contributed by atoms with van der Waals surface area (Å²) in [5.41, 5.74) is 5.53. The van der Waals surface area contributed by atoms with Gasteiger partial charge in [-0.15, -0.1) is 12.4 Å². The number of amides is 1. The Labute approximate surface area is 111 Å². The smallest absolute Gasteiger partial charge is 0.236 e. The first-order chi connectivity index (χ1) is 7.63. The molecule has 102 valence electrons. The van der Waals surface area contributed by atoms with Crippen molar-refractivity contribution in [2.75, 3.05) is 0 Å². The predicted molar refractivity (Wildman–Crippen MR) is 74.3 cm³/mol. The zero-order valence-electron chi connectivity index (χ0n) is 11.1. The summed E-state index contributed by atoms with van der Waals surface area (Å²) in [6, 6.07) is -0.00538. The van der Waals surface area contributed by atoms with Crippen molar-refractivity contribution in [2.24, 2.45) is 11.7 Å². The Morgan fingerprint density at radius 2 is 1.94 bits per heavy atom. The average molecular weight is 263 g/mol. The van der Waals surface area contributed by atoms with Crippen molar-refractivity contribution in [3.63, 3.8) is 0 Å². The third kappa shape index (κ3) is 6.27. The molecule has 1 amide bonds. The van der Waals surface area contributed by atoms with E-state index in [-0.39, 0.29) is 24.4 Å². The third-order valence-corrected chi connectivity index (χ3v) is 3.57. The molecule has 0 unspecified atom stereocenters. The second kappa shape index (κ2) is 8.76. The Balaban J connectivity index is 0.00000256. The quantitative estimate of drug-likeness (QED) is 0.800. The molecule has 0 radical (unpaired) electrons. The van der Waals surface area contributed by atoms with Crippen LogP contribution in [0.2, 0.25) is 0 Å². The Morgan fingerprint density at radius 1 is 1.35 bits per heavy atom. The molecule has 0 heterocycles. The van der Waals surface area contributed by atoms with E-state index in [0.29, 0.717) is 6.04 Å². The van der Waals surface area contributed by atoms with Gasteiger partial charge < -0.3 is 11.1 Å². The van der Waals surface area contributed by atoms with Crippen LogP contribution in [0.4, 0.5) is 0 Å². The van der Waals surface area contributed by atoms with Crippen molar-refractivity contribution in [3.05, 3.63) is 0 Å². The number of hydrogen-bond donors (Lipinski definition) is 2. The van der Waals surface area contributed by atoms with Gasteiger partial charge in [-0.1, -0.05) is 26.2 Å². The fourth-order valence-electron chi connectivity index (χ4n) is 2.42. The highest BCUT2D eigenvalue weighted by Gasteiger charge is 2.22. The summed E-state index contributed by atoms with van der Waals surface area (Å²) in [5, 5.41) is 3.03. The minimum atomic E-state index is -0.377. The van der Waals surface area contributed by atoms with Crippen molar-refractivity contribution < 1.29 is 4.79 Å². The van der Waals surface area contributed by atoms with Crippen LogP contribution in [0.3, 0.4) is 0 Å². The highest BCUT2D eigenvalue weighted by atomic mass is 35.5. The topological polar surface area (TPSA) is 55.1 Å². The lowest BCUT2D eigenvalue weighted by atomic mass is 9.83. The van der Waals surface area contributed by atoms with Gasteiger partial charge >= 0.3 is 0 Å². The van der Waals surface area contributed by atoms with Crippen LogP contribution in [0.1, 0.15) is 58.8 Å². The first kappa shape index (κ1) is 16.7. The molecule has 0 saturated heterocycles. The Bertz CT molecular complexity index is 213. The lowest BCUT2D eigenvalue weighted by Crippen LogP contribution is -2.45. The summed E-state index contributed by atoms with van der Waals surface area (Å²) in [6.45, 7) is 3.98. The molecule has 4 heteroatoms. The van der Waals surface area contributed by atoms with Gasteiger partial charge in [0.25, 0.3) is 0 Å². The van der Waals surface area contributed by atoms with E-state index in [0.717, 1.165) is 18.8 Å². The fraction of sp³-hybridized carbons (Fsp3) is 0.923. The average Bonchev–Trinajstić information content (AvgIpc) is 2.28. The SMILES string of the molecule is CCCCC1CCC(NC(=O)[C@H](C)N)CC1.Cl. The molecule has 0 bridgehead atoms. The largest absolute Gasteiger partial charge is 0.352 e. The number of hydrogen-bond acceptors (Lipinski definition) is 2. The third-order valence-electron chi connectivity index (χ3n) is 3.57. The molecule has 0 aromatic heterocycles. The second-order valence-electron chi connectivity index (χ2n) is 5.16. The highest BCUT2D eigenvalue weighted by molar-refractivity contribution is 5.85. The molecule has 1 atom stereocenters. The number of nitrogens with two attached hydrogens (primary N) is 1. The molecular formula is C13H27ClN2O. The number of halogens is 1. The first-order valence-electron chi connectivity index (χ1n) is 6.69. The van der Waals surface area contributed by atoms with Crippen LogP contribution in [-0.4, -0.2) is 18.0 Å². The number of carbonyl (C=O) groups excluding carboxylic acids is 1. The number of nitrogens with one attached hydrogen (secondary N) is 1. The van der Waals surface area contributed by atoms with Crippen molar-refractivity contribution in [1.82, 2.24) is 5.32 Å². The molecule has 1 aliphatic rings. The maximum absolute atomic E-state index is 11.4. The van der Waals surface area contributed by atoms with Gasteiger partial charge in [0.1, 0.15) is 0 Å². The normalized spacial score (nSPS) is 25.8. The molecule has 0 spiro atoms. The van der Waals surface area contributed by atoms with Gasteiger partial charge in [0.2, 0.25) is 5.91 Å². The van der Waals surface area contributed by atoms with Gasteiger partial charge in [0.05, 0.1) is 6.04 Å². The Morgan fingerprint density at radius 3 is 2.41 bits per heavy atom. The van der Waals surface area contributed by atoms with Gasteiger partial charge in [-0.3, -0.25) is 4.79 Å². The number of carbonyl (C=O) groups is 1. The molecule has 17 heavy (non-hydrogen) atoms. The van der Waals surface area contributed by atoms with Crippen LogP contribution < -0.4 is 11.1 Å². The predicted octanol–water partition coefficient (Wildman–Crippen LogP) is 2.62. The lowest BCUT2D eigenvalue weighted by Gasteiger charge is -2.29. The molecule has 0 aromatic carbocycles. The van der Waals surface area contributed by atoms with Gasteiger partial charge in [-0.2, -0.15) is 0 Å². The Kier molecular flexibility index (Phi) is 8.61. The Hall–Kier alpha value is -0.280. The van der Waals surface area contributed by atoms with E-state index >= 15 is 0 Å². The van der Waals surface area contributed by atoms with E-state index in [2.05, 4.69) is 12.2 Å². The van der Waals surface area contributed by atoms with Gasteiger partial charge in [0.15, 0.2) is 0 Å². The van der Waals surface area contributed by atoms with Gasteiger partial charge in [0, 0.05) is 6.04 Å². The summed E-state index contributed by atoms with van der Waals surface area (Å²) < 4.78 is 0. The van der Waals surface area contributed by atoms with Crippen LogP contribution in [0.5, 0.6) is 0 Å². The second-order valence-corrected chi connectivity index (χ2v) is 5.16. The molecule has 1 aliphatic carbocycles. The summed E-state index contributed by atoms with van der Waals surface area (Å²) in [7, 11) is 0. The number of unbranched alkanes of at least 4 members (excludes halogenated alkanes) is 1. The zero-order chi connectivity index (χ0) is 12.0. The zero-order valence-corrected chi connectivity index (χ0v) is 11.9. The summed E-state index contributed by atoms with van der Waals surface area (Å²) in [5.74, 6) is 0.889. The van der Waals surface area contributed by atoms with E-state index in [1.54, 1.807) is 6.92 Å². The van der Waals surface area contributed by atoms with Crippen LogP contribution in [0.25, 0.3) is 0 Å². The molecule has 0 aliphatic heterocycles. The molecule has 3 nitrogen and oxygen atoms in total. The fourth-order valence-corrected chi connectivity index (χ4v) is 2.42. The summed E-state index contributed by atoms with van der Waals surface area (Å²) in [4.78, 5) is 11.4. The standard InChI is InChI=1S/C13H26N2O.ClH/c1-3-4-5-11-6-8-12(9-7-11)15-13(16)10(2)14;/h10-12H,3-9,14H2,1-2H3,(H,15,16);1H/t10-,11?,12?;/m0./s1. The molecule has 3 N–H and O–H groups in total. The van der Waals surface area contributed by atoms with E-state index in [1.807, 2.05) is 0 Å². The lowest BCUT2D eigenvalue weighted by molar-refractivity contribution is -0.122. The minimum Gasteiger partial charge on any atom is -0.352 e. The van der Waals surface area contributed by atoms with Crippen LogP contribution in [0.15, 0.2) is 0 Å². The van der Waals surface area contributed by atoms with Crippen LogP contribution in [-0.2, 0) is 4.79 Å². The monoisotopic (exact) mass is 262 g/mol. The summed E-state index contributed by atoms with van der Waals surface area (Å²) in [6.07, 6.45) is 8.81. The van der Waals surface area contributed by atoms with Crippen molar-refractivity contribution in [2.45, 2.75) is 70.9 Å². The van der Waals surface area contributed by atoms with Crippen molar-refractivity contribution in [3.8, 4) is 0 Å². The van der Waals surface area contributed by atoms with E-state index < -0.39 is 0 Å². The summed E-state index contributed by atoms with van der Waals surface area (Å²) >= 11 is 0. The van der Waals surface area contributed by atoms with Gasteiger partial charge in [-0.05, 0) is 38.5 Å². The molecule has 1 rings (SSSR count). The van der Waals surface area contributed by atoms with E-state index in [9.17, 15) is 4.79 Å². The maximum Gasteiger partial charge on any atom is 0.236 e. The van der Waals surface area contributed by atoms with E-state index in [4.69, 9.17) is 5.73 Å². The minimum absolute atomic E-state index is 0. The van der Waals surface area contributed by atoms with Gasteiger partial charge in [-0.25, -0.2) is 0 Å². The van der Waals surface area contributed by atoms with Crippen LogP contribution in [0, 0.1) is 5.92 Å².